The number of nitrogens with one attached hydrogen (secondary N) is 1. The lowest BCUT2D eigenvalue weighted by atomic mass is 10.1. The Bertz CT molecular complexity index is 1260. The van der Waals surface area contributed by atoms with E-state index in [4.69, 9.17) is 4.74 Å². The molecular formula is C32H34N2O2S. The van der Waals surface area contributed by atoms with Gasteiger partial charge in [0.05, 0.1) is 7.11 Å². The van der Waals surface area contributed by atoms with Crippen LogP contribution in [0.25, 0.3) is 0 Å². The van der Waals surface area contributed by atoms with Crippen molar-refractivity contribution in [3.8, 4) is 5.75 Å². The minimum atomic E-state index is -0.0514. The standard InChI is InChI=1S/C32H34N2O2S/c1-25-11-17-29(18-12-25)32(35)33-22-26-13-15-27(16-14-26)23-34(19-20-37-31-9-4-3-5-10-31)24-28-7-6-8-30(21-28)36-2/h3-18,21H,19-20,22-24H2,1-2H3,(H,33,35). The minimum Gasteiger partial charge on any atom is -0.497 e. The molecule has 0 aliphatic rings. The number of carbonyl (C=O) groups is 1. The maximum Gasteiger partial charge on any atom is 0.251 e. The number of hydrogen-bond acceptors (Lipinski definition) is 4. The topological polar surface area (TPSA) is 41.6 Å². The Balaban J connectivity index is 1.36. The van der Waals surface area contributed by atoms with Gasteiger partial charge in [0.25, 0.3) is 5.91 Å². The first-order valence-corrected chi connectivity index (χ1v) is 13.5. The van der Waals surface area contributed by atoms with Crippen LogP contribution in [0.2, 0.25) is 0 Å². The molecule has 0 unspecified atom stereocenters. The van der Waals surface area contributed by atoms with Gasteiger partial charge in [0.1, 0.15) is 5.75 Å². The Morgan fingerprint density at radius 1 is 0.811 bits per heavy atom. The zero-order chi connectivity index (χ0) is 25.9. The van der Waals surface area contributed by atoms with E-state index in [0.29, 0.717) is 12.1 Å². The van der Waals surface area contributed by atoms with Crippen molar-refractivity contribution in [2.24, 2.45) is 0 Å². The number of aryl methyl sites for hydroxylation is 1. The van der Waals surface area contributed by atoms with E-state index < -0.39 is 0 Å². The second kappa shape index (κ2) is 13.7. The molecule has 4 aromatic rings. The molecule has 1 N–H and O–H groups in total. The fourth-order valence-electron chi connectivity index (χ4n) is 4.06. The summed E-state index contributed by atoms with van der Waals surface area (Å²) in [5.41, 5.74) is 5.40. The van der Waals surface area contributed by atoms with Gasteiger partial charge < -0.3 is 10.1 Å². The summed E-state index contributed by atoms with van der Waals surface area (Å²) in [6.07, 6.45) is 0. The molecule has 0 bridgehead atoms. The van der Waals surface area contributed by atoms with Crippen LogP contribution in [0.4, 0.5) is 0 Å². The highest BCUT2D eigenvalue weighted by atomic mass is 32.2. The van der Waals surface area contributed by atoms with E-state index in [1.54, 1.807) is 7.11 Å². The summed E-state index contributed by atoms with van der Waals surface area (Å²) in [5, 5.41) is 3.02. The Hall–Kier alpha value is -3.54. The predicted molar refractivity (Wildman–Crippen MR) is 153 cm³/mol. The average molecular weight is 511 g/mol. The highest BCUT2D eigenvalue weighted by Gasteiger charge is 2.10. The fraction of sp³-hybridized carbons (Fsp3) is 0.219. The highest BCUT2D eigenvalue weighted by molar-refractivity contribution is 7.99. The van der Waals surface area contributed by atoms with E-state index in [2.05, 4.69) is 76.9 Å². The number of rotatable bonds is 12. The van der Waals surface area contributed by atoms with Crippen LogP contribution in [0.5, 0.6) is 5.75 Å². The summed E-state index contributed by atoms with van der Waals surface area (Å²) in [4.78, 5) is 16.2. The molecule has 0 saturated carbocycles. The molecule has 4 aromatic carbocycles. The number of thioether (sulfide) groups is 1. The van der Waals surface area contributed by atoms with Crippen LogP contribution in [-0.2, 0) is 19.6 Å². The quantitative estimate of drug-likeness (QED) is 0.215. The van der Waals surface area contributed by atoms with Gasteiger partial charge in [0.15, 0.2) is 0 Å². The summed E-state index contributed by atoms with van der Waals surface area (Å²) in [7, 11) is 1.71. The van der Waals surface area contributed by atoms with Crippen molar-refractivity contribution in [3.05, 3.63) is 131 Å². The van der Waals surface area contributed by atoms with Crippen LogP contribution < -0.4 is 10.1 Å². The summed E-state index contributed by atoms with van der Waals surface area (Å²) >= 11 is 1.88. The third-order valence-electron chi connectivity index (χ3n) is 6.16. The molecule has 1 amide bonds. The van der Waals surface area contributed by atoms with Gasteiger partial charge in [-0.3, -0.25) is 9.69 Å². The molecule has 0 saturated heterocycles. The molecule has 0 aromatic heterocycles. The zero-order valence-corrected chi connectivity index (χ0v) is 22.3. The van der Waals surface area contributed by atoms with Crippen molar-refractivity contribution in [1.29, 1.82) is 0 Å². The number of amides is 1. The van der Waals surface area contributed by atoms with Crippen molar-refractivity contribution >= 4 is 17.7 Å². The fourth-order valence-corrected chi connectivity index (χ4v) is 5.00. The van der Waals surface area contributed by atoms with Crippen molar-refractivity contribution in [2.75, 3.05) is 19.4 Å². The first-order valence-electron chi connectivity index (χ1n) is 12.5. The molecule has 0 heterocycles. The van der Waals surface area contributed by atoms with E-state index in [0.717, 1.165) is 42.3 Å². The van der Waals surface area contributed by atoms with E-state index in [-0.39, 0.29) is 5.91 Å². The van der Waals surface area contributed by atoms with Crippen LogP contribution >= 0.6 is 11.8 Å². The van der Waals surface area contributed by atoms with E-state index in [1.165, 1.54) is 16.0 Å². The Morgan fingerprint density at radius 2 is 1.51 bits per heavy atom. The van der Waals surface area contributed by atoms with Gasteiger partial charge >= 0.3 is 0 Å². The molecule has 190 valence electrons. The zero-order valence-electron chi connectivity index (χ0n) is 21.5. The maximum atomic E-state index is 12.4. The highest BCUT2D eigenvalue weighted by Crippen LogP contribution is 2.20. The summed E-state index contributed by atoms with van der Waals surface area (Å²) in [6.45, 7) is 5.19. The minimum absolute atomic E-state index is 0.0514. The Labute approximate surface area is 224 Å². The Morgan fingerprint density at radius 3 is 2.24 bits per heavy atom. The second-order valence-electron chi connectivity index (χ2n) is 9.09. The van der Waals surface area contributed by atoms with Crippen LogP contribution in [0.1, 0.15) is 32.6 Å². The van der Waals surface area contributed by atoms with Crippen LogP contribution in [0, 0.1) is 6.92 Å². The third-order valence-corrected chi connectivity index (χ3v) is 7.15. The predicted octanol–water partition coefficient (Wildman–Crippen LogP) is 6.73. The average Bonchev–Trinajstić information content (AvgIpc) is 2.93. The molecule has 4 rings (SSSR count). The van der Waals surface area contributed by atoms with Crippen LogP contribution in [-0.4, -0.2) is 30.2 Å². The molecule has 5 heteroatoms. The maximum absolute atomic E-state index is 12.4. The number of methoxy groups -OCH3 is 1. The van der Waals surface area contributed by atoms with Crippen LogP contribution in [0.15, 0.2) is 108 Å². The van der Waals surface area contributed by atoms with Crippen LogP contribution in [0.3, 0.4) is 0 Å². The van der Waals surface area contributed by atoms with Crippen molar-refractivity contribution in [1.82, 2.24) is 10.2 Å². The summed E-state index contributed by atoms with van der Waals surface area (Å²) < 4.78 is 5.43. The number of carbonyl (C=O) groups excluding carboxylic acids is 1. The van der Waals surface area contributed by atoms with Gasteiger partial charge in [-0.2, -0.15) is 0 Å². The molecule has 0 atom stereocenters. The van der Waals surface area contributed by atoms with E-state index in [1.807, 2.05) is 55.1 Å². The summed E-state index contributed by atoms with van der Waals surface area (Å²) in [5.74, 6) is 1.84. The molecule has 0 radical (unpaired) electrons. The van der Waals surface area contributed by atoms with Gasteiger partial charge in [0, 0.05) is 42.4 Å². The molecule has 0 aliphatic heterocycles. The molecule has 0 fully saturated rings. The largest absolute Gasteiger partial charge is 0.497 e. The van der Waals surface area contributed by atoms with Gasteiger partial charge in [-0.15, -0.1) is 11.8 Å². The van der Waals surface area contributed by atoms with Gasteiger partial charge in [0.2, 0.25) is 0 Å². The molecule has 4 nitrogen and oxygen atoms in total. The molecule has 0 spiro atoms. The lowest BCUT2D eigenvalue weighted by molar-refractivity contribution is 0.0951. The van der Waals surface area contributed by atoms with Gasteiger partial charge in [-0.05, 0) is 60.0 Å². The lowest BCUT2D eigenvalue weighted by Crippen LogP contribution is -2.25. The monoisotopic (exact) mass is 510 g/mol. The number of hydrogen-bond donors (Lipinski definition) is 1. The van der Waals surface area contributed by atoms with Gasteiger partial charge in [-0.25, -0.2) is 0 Å². The normalized spacial score (nSPS) is 10.9. The first-order chi connectivity index (χ1) is 18.1. The third kappa shape index (κ3) is 8.52. The second-order valence-corrected chi connectivity index (χ2v) is 10.3. The Kier molecular flexibility index (Phi) is 9.81. The van der Waals surface area contributed by atoms with Crippen molar-refractivity contribution in [3.63, 3.8) is 0 Å². The first kappa shape index (κ1) is 26.5. The molecule has 37 heavy (non-hydrogen) atoms. The van der Waals surface area contributed by atoms with E-state index >= 15 is 0 Å². The number of benzene rings is 4. The number of nitrogens with zero attached hydrogens (tertiary/aromatic N) is 1. The smallest absolute Gasteiger partial charge is 0.251 e. The lowest BCUT2D eigenvalue weighted by Gasteiger charge is -2.23. The van der Waals surface area contributed by atoms with Crippen molar-refractivity contribution < 1.29 is 9.53 Å². The SMILES string of the molecule is COc1cccc(CN(CCSc2ccccc2)Cc2ccc(CNC(=O)c3ccc(C)cc3)cc2)c1. The molecule has 0 aliphatic carbocycles. The van der Waals surface area contributed by atoms with Crippen molar-refractivity contribution in [2.45, 2.75) is 31.5 Å². The summed E-state index contributed by atoms with van der Waals surface area (Å²) in [6, 6.07) is 35.0. The van der Waals surface area contributed by atoms with E-state index in [9.17, 15) is 4.79 Å². The van der Waals surface area contributed by atoms with Gasteiger partial charge in [-0.1, -0.05) is 72.3 Å². The molecular weight excluding hydrogens is 476 g/mol. The number of ether oxygens (including phenoxy) is 1.